The van der Waals surface area contributed by atoms with Crippen LogP contribution in [0.2, 0.25) is 5.04 Å². The van der Waals surface area contributed by atoms with Crippen molar-refractivity contribution in [2.45, 2.75) is 45.3 Å². The van der Waals surface area contributed by atoms with Crippen LogP contribution in [0.5, 0.6) is 0 Å². The monoisotopic (exact) mass is 170 g/mol. The largest absolute Gasteiger partial charge is 0.408 e. The zero-order valence-corrected chi connectivity index (χ0v) is 9.61. The third kappa shape index (κ3) is 6.15. The van der Waals surface area contributed by atoms with Gasteiger partial charge in [-0.15, -0.1) is 6.42 Å². The lowest BCUT2D eigenvalue weighted by Crippen LogP contribution is -2.27. The molecule has 0 saturated heterocycles. The van der Waals surface area contributed by atoms with Gasteiger partial charge in [0, 0.05) is 0 Å². The van der Waals surface area contributed by atoms with Crippen LogP contribution in [0.1, 0.15) is 34.6 Å². The summed E-state index contributed by atoms with van der Waals surface area (Å²) < 4.78 is 5.65. The maximum absolute atomic E-state index is 5.65. The highest BCUT2D eigenvalue weighted by molar-refractivity contribution is 6.31. The van der Waals surface area contributed by atoms with Gasteiger partial charge in [-0.2, -0.15) is 0 Å². The summed E-state index contributed by atoms with van der Waals surface area (Å²) in [7, 11) is -0.508. The normalized spacial score (nSPS) is 13.8. The smallest absolute Gasteiger partial charge is 0.168 e. The molecular formula is C9H18OSi. The summed E-state index contributed by atoms with van der Waals surface area (Å²) in [6.45, 7) is 10.4. The molecular weight excluding hydrogens is 152 g/mol. The second kappa shape index (κ2) is 3.42. The molecule has 0 saturated carbocycles. The Morgan fingerprint density at radius 2 is 1.64 bits per heavy atom. The summed E-state index contributed by atoms with van der Waals surface area (Å²) in [6, 6.07) is 0. The summed E-state index contributed by atoms with van der Waals surface area (Å²) >= 11 is 0. The molecule has 0 aliphatic heterocycles. The molecule has 0 bridgehead atoms. The molecule has 0 heterocycles. The van der Waals surface area contributed by atoms with E-state index in [2.05, 4.69) is 26.7 Å². The van der Waals surface area contributed by atoms with Crippen molar-refractivity contribution in [3.63, 3.8) is 0 Å². The van der Waals surface area contributed by atoms with Crippen LogP contribution in [-0.4, -0.2) is 15.4 Å². The third-order valence-electron chi connectivity index (χ3n) is 1.21. The van der Waals surface area contributed by atoms with Gasteiger partial charge in [0.05, 0.1) is 0 Å². The van der Waals surface area contributed by atoms with Crippen molar-refractivity contribution < 1.29 is 4.43 Å². The van der Waals surface area contributed by atoms with Crippen LogP contribution in [0.4, 0.5) is 0 Å². The van der Waals surface area contributed by atoms with E-state index in [1.54, 1.807) is 0 Å². The van der Waals surface area contributed by atoms with Gasteiger partial charge in [0.25, 0.3) is 0 Å². The Hall–Kier alpha value is -0.263. The molecule has 2 heteroatoms. The molecule has 0 aliphatic carbocycles. The molecule has 0 N–H and O–H groups in total. The molecule has 0 aromatic rings. The van der Waals surface area contributed by atoms with Gasteiger partial charge < -0.3 is 4.43 Å². The maximum Gasteiger partial charge on any atom is 0.168 e. The number of hydrogen-bond donors (Lipinski definition) is 0. The Morgan fingerprint density at radius 1 is 1.18 bits per heavy atom. The lowest BCUT2D eigenvalue weighted by molar-refractivity contribution is 0.174. The topological polar surface area (TPSA) is 9.23 Å². The number of hydrogen-bond acceptors (Lipinski definition) is 1. The van der Waals surface area contributed by atoms with Gasteiger partial charge in [-0.25, -0.2) is 0 Å². The maximum atomic E-state index is 5.65. The molecule has 0 radical (unpaired) electrons. The van der Waals surface area contributed by atoms with Crippen LogP contribution in [0.15, 0.2) is 0 Å². The first-order chi connectivity index (χ1) is 4.77. The summed E-state index contributed by atoms with van der Waals surface area (Å²) in [4.78, 5) is 0. The summed E-state index contributed by atoms with van der Waals surface area (Å²) in [5.41, 5.74) is -0.362. The van der Waals surface area contributed by atoms with Gasteiger partial charge in [0.15, 0.2) is 9.76 Å². The molecule has 1 nitrogen and oxygen atoms in total. The van der Waals surface area contributed by atoms with Crippen LogP contribution in [0.3, 0.4) is 0 Å². The molecule has 11 heavy (non-hydrogen) atoms. The van der Waals surface area contributed by atoms with E-state index in [-0.39, 0.29) is 5.60 Å². The van der Waals surface area contributed by atoms with Crippen LogP contribution in [-0.2, 0) is 4.43 Å². The fourth-order valence-corrected chi connectivity index (χ4v) is 1.32. The minimum absolute atomic E-state index is 0.328. The summed E-state index contributed by atoms with van der Waals surface area (Å²) in [5, 5.41) is 0.328. The van der Waals surface area contributed by atoms with Crippen molar-refractivity contribution >= 4 is 9.76 Å². The average Bonchev–Trinajstić information content (AvgIpc) is 1.83. The first-order valence-electron chi connectivity index (χ1n) is 3.89. The zero-order chi connectivity index (χ0) is 9.12. The highest BCUT2D eigenvalue weighted by Gasteiger charge is 2.19. The molecule has 0 amide bonds. The quantitative estimate of drug-likeness (QED) is 0.453. The fourth-order valence-electron chi connectivity index (χ4n) is 0.439. The van der Waals surface area contributed by atoms with Gasteiger partial charge in [-0.1, -0.05) is 26.7 Å². The first kappa shape index (κ1) is 10.7. The van der Waals surface area contributed by atoms with Crippen molar-refractivity contribution in [1.82, 2.24) is 0 Å². The lowest BCUT2D eigenvalue weighted by atomic mass is 10.2. The van der Waals surface area contributed by atoms with E-state index in [1.165, 1.54) is 0 Å². The van der Waals surface area contributed by atoms with E-state index in [4.69, 9.17) is 10.8 Å². The summed E-state index contributed by atoms with van der Waals surface area (Å²) in [5.74, 6) is 2.63. The first-order valence-corrected chi connectivity index (χ1v) is 5.17. The van der Waals surface area contributed by atoms with E-state index < -0.39 is 9.76 Å². The molecule has 0 fully saturated rings. The van der Waals surface area contributed by atoms with Crippen LogP contribution < -0.4 is 0 Å². The van der Waals surface area contributed by atoms with E-state index in [0.717, 1.165) is 0 Å². The van der Waals surface area contributed by atoms with Crippen LogP contribution in [0.25, 0.3) is 0 Å². The molecule has 0 aliphatic rings. The van der Waals surface area contributed by atoms with E-state index in [9.17, 15) is 0 Å². The fraction of sp³-hybridized carbons (Fsp3) is 0.778. The lowest BCUT2D eigenvalue weighted by Gasteiger charge is -2.25. The highest BCUT2D eigenvalue weighted by atomic mass is 28.2. The Bertz CT molecular complexity index is 159. The van der Waals surface area contributed by atoms with Crippen molar-refractivity contribution in [3.05, 3.63) is 0 Å². The molecule has 0 rings (SSSR count). The van der Waals surface area contributed by atoms with E-state index >= 15 is 0 Å². The molecule has 0 aromatic heterocycles. The van der Waals surface area contributed by atoms with Crippen molar-refractivity contribution in [3.8, 4) is 12.3 Å². The SMILES string of the molecule is C#CC(C)(C)O[SiH2]C(C)(C)C. The number of terminal acetylenes is 1. The third-order valence-corrected chi connectivity index (χ3v) is 2.95. The predicted molar refractivity (Wildman–Crippen MR) is 52.3 cm³/mol. The molecule has 0 aromatic carbocycles. The van der Waals surface area contributed by atoms with Gasteiger partial charge >= 0.3 is 0 Å². The highest BCUT2D eigenvalue weighted by Crippen LogP contribution is 2.22. The molecule has 0 atom stereocenters. The molecule has 0 spiro atoms. The zero-order valence-electron chi connectivity index (χ0n) is 8.19. The minimum Gasteiger partial charge on any atom is -0.408 e. The van der Waals surface area contributed by atoms with Gasteiger partial charge in [0.2, 0.25) is 0 Å². The number of rotatable bonds is 2. The van der Waals surface area contributed by atoms with Crippen molar-refractivity contribution in [2.75, 3.05) is 0 Å². The second-order valence-electron chi connectivity index (χ2n) is 4.50. The standard InChI is InChI=1S/C9H18OSi/c1-7-9(5,6)10-11-8(2,3)4/h1H,11H2,2-6H3. The summed E-state index contributed by atoms with van der Waals surface area (Å²) in [6.07, 6.45) is 5.28. The van der Waals surface area contributed by atoms with Gasteiger partial charge in [-0.05, 0) is 18.9 Å². The predicted octanol–water partition coefficient (Wildman–Crippen LogP) is 1.72. The Morgan fingerprint density at radius 3 is 1.91 bits per heavy atom. The minimum atomic E-state index is -0.508. The van der Waals surface area contributed by atoms with E-state index in [1.807, 2.05) is 13.8 Å². The second-order valence-corrected chi connectivity index (χ2v) is 7.20. The van der Waals surface area contributed by atoms with Crippen LogP contribution in [0, 0.1) is 12.3 Å². The Labute approximate surface area is 72.5 Å². The van der Waals surface area contributed by atoms with E-state index in [0.29, 0.717) is 5.04 Å². The van der Waals surface area contributed by atoms with Gasteiger partial charge in [-0.3, -0.25) is 0 Å². The molecule has 64 valence electrons. The van der Waals surface area contributed by atoms with Crippen LogP contribution >= 0.6 is 0 Å². The van der Waals surface area contributed by atoms with Gasteiger partial charge in [0.1, 0.15) is 5.60 Å². The molecule has 0 unspecified atom stereocenters. The van der Waals surface area contributed by atoms with Crippen molar-refractivity contribution in [2.24, 2.45) is 0 Å². The van der Waals surface area contributed by atoms with Crippen molar-refractivity contribution in [1.29, 1.82) is 0 Å². The Kier molecular flexibility index (Phi) is 3.34. The Balaban J connectivity index is 3.83. The average molecular weight is 170 g/mol.